The number of carbonyl (C=O) groups excluding carboxylic acids is 1. The molecule has 5 nitrogen and oxygen atoms in total. The molecule has 186 valence electrons. The molecular weight excluding hydrogens is 425 g/mol. The lowest BCUT2D eigenvalue weighted by Crippen LogP contribution is -2.41. The van der Waals surface area contributed by atoms with Gasteiger partial charge in [-0.2, -0.15) is 0 Å². The second-order valence-corrected chi connectivity index (χ2v) is 11.5. The molecule has 1 fully saturated rings. The lowest BCUT2D eigenvalue weighted by Gasteiger charge is -2.32. The summed E-state index contributed by atoms with van der Waals surface area (Å²) >= 11 is 0. The van der Waals surface area contributed by atoms with Crippen molar-refractivity contribution in [2.75, 3.05) is 0 Å². The molecule has 1 aliphatic rings. The van der Waals surface area contributed by atoms with Crippen LogP contribution in [0.15, 0.2) is 42.0 Å². The largest absolute Gasteiger partial charge is 0.487 e. The summed E-state index contributed by atoms with van der Waals surface area (Å²) in [6.07, 6.45) is 4.50. The molecule has 0 saturated carbocycles. The van der Waals surface area contributed by atoms with E-state index in [1.807, 2.05) is 61.4 Å². The number of fused-ring (bicyclic) bond motifs is 1. The third-order valence-corrected chi connectivity index (χ3v) is 7.02. The minimum atomic E-state index is -0.526. The van der Waals surface area contributed by atoms with Crippen molar-refractivity contribution in [3.05, 3.63) is 47.6 Å². The fourth-order valence-electron chi connectivity index (χ4n) is 4.55. The molecular formula is C28H42BNO4. The SMILES string of the molecule is CC[C@H](C(=O)OC(C)(C)C)/C(=C/B1OC(C)(C)C(C)(C)O1)CCCn1ccc2cccc(C)c21. The number of hydrogen-bond donors (Lipinski definition) is 0. The predicted octanol–water partition coefficient (Wildman–Crippen LogP) is 6.66. The molecule has 1 aromatic heterocycles. The lowest BCUT2D eigenvalue weighted by atomic mass is 9.80. The van der Waals surface area contributed by atoms with Crippen LogP contribution in [0.2, 0.25) is 0 Å². The minimum Gasteiger partial charge on any atom is -0.460 e. The molecule has 0 spiro atoms. The number of aromatic nitrogens is 1. The Morgan fingerprint density at radius 1 is 1.15 bits per heavy atom. The molecule has 0 N–H and O–H groups in total. The first-order valence-electron chi connectivity index (χ1n) is 12.6. The van der Waals surface area contributed by atoms with E-state index < -0.39 is 23.9 Å². The molecule has 1 saturated heterocycles. The molecule has 1 aliphatic heterocycles. The number of carbonyl (C=O) groups is 1. The summed E-state index contributed by atoms with van der Waals surface area (Å²) in [4.78, 5) is 13.1. The zero-order valence-electron chi connectivity index (χ0n) is 22.5. The number of hydrogen-bond acceptors (Lipinski definition) is 4. The lowest BCUT2D eigenvalue weighted by molar-refractivity contribution is -0.158. The van der Waals surface area contributed by atoms with Gasteiger partial charge in [0.25, 0.3) is 0 Å². The Kier molecular flexibility index (Phi) is 7.74. The average molecular weight is 467 g/mol. The second-order valence-electron chi connectivity index (χ2n) is 11.5. The summed E-state index contributed by atoms with van der Waals surface area (Å²) in [5.41, 5.74) is 2.21. The van der Waals surface area contributed by atoms with Crippen LogP contribution in [0.25, 0.3) is 10.9 Å². The Hall–Kier alpha value is -2.05. The molecule has 0 amide bonds. The number of rotatable bonds is 8. The Morgan fingerprint density at radius 2 is 1.79 bits per heavy atom. The summed E-state index contributed by atoms with van der Waals surface area (Å²) < 4.78 is 20.6. The molecule has 1 atom stereocenters. The van der Waals surface area contributed by atoms with Crippen LogP contribution in [-0.4, -0.2) is 34.5 Å². The van der Waals surface area contributed by atoms with Crippen LogP contribution in [0.4, 0.5) is 0 Å². The average Bonchev–Trinajstić information content (AvgIpc) is 3.19. The normalized spacial score (nSPS) is 19.0. The number of benzene rings is 1. The van der Waals surface area contributed by atoms with E-state index in [9.17, 15) is 4.79 Å². The van der Waals surface area contributed by atoms with Gasteiger partial charge in [0, 0.05) is 12.7 Å². The van der Waals surface area contributed by atoms with Crippen LogP contribution < -0.4 is 0 Å². The Bertz CT molecular complexity index is 1030. The van der Waals surface area contributed by atoms with Crippen molar-refractivity contribution >= 4 is 24.0 Å². The van der Waals surface area contributed by atoms with Crippen molar-refractivity contribution < 1.29 is 18.8 Å². The van der Waals surface area contributed by atoms with Gasteiger partial charge in [-0.1, -0.05) is 36.7 Å². The Labute approximate surface area is 206 Å². The van der Waals surface area contributed by atoms with Gasteiger partial charge in [0.15, 0.2) is 0 Å². The van der Waals surface area contributed by atoms with Gasteiger partial charge in [0.2, 0.25) is 0 Å². The minimum absolute atomic E-state index is 0.181. The highest BCUT2D eigenvalue weighted by Crippen LogP contribution is 2.38. The quantitative estimate of drug-likeness (QED) is 0.322. The highest BCUT2D eigenvalue weighted by Gasteiger charge is 2.50. The van der Waals surface area contributed by atoms with Crippen molar-refractivity contribution in [3.63, 3.8) is 0 Å². The van der Waals surface area contributed by atoms with Gasteiger partial charge >= 0.3 is 13.1 Å². The highest BCUT2D eigenvalue weighted by atomic mass is 16.7. The predicted molar refractivity (Wildman–Crippen MR) is 140 cm³/mol. The fourth-order valence-corrected chi connectivity index (χ4v) is 4.55. The zero-order chi connectivity index (χ0) is 25.3. The first-order valence-corrected chi connectivity index (χ1v) is 12.6. The molecule has 0 aliphatic carbocycles. The Balaban J connectivity index is 1.83. The van der Waals surface area contributed by atoms with Crippen LogP contribution in [-0.2, 0) is 25.4 Å². The molecule has 0 radical (unpaired) electrons. The molecule has 0 bridgehead atoms. The van der Waals surface area contributed by atoms with E-state index in [1.165, 1.54) is 16.5 Å². The van der Waals surface area contributed by atoms with E-state index >= 15 is 0 Å². The maximum Gasteiger partial charge on any atom is 0.487 e. The van der Waals surface area contributed by atoms with E-state index in [-0.39, 0.29) is 11.9 Å². The van der Waals surface area contributed by atoms with E-state index in [0.717, 1.165) is 25.0 Å². The number of aryl methyl sites for hydroxylation is 2. The van der Waals surface area contributed by atoms with E-state index in [0.29, 0.717) is 6.42 Å². The third-order valence-electron chi connectivity index (χ3n) is 7.02. The summed E-state index contributed by atoms with van der Waals surface area (Å²) in [6.45, 7) is 19.0. The van der Waals surface area contributed by atoms with Crippen molar-refractivity contribution in [2.45, 2.75) is 105 Å². The van der Waals surface area contributed by atoms with Crippen LogP contribution in [0, 0.1) is 12.8 Å². The summed E-state index contributed by atoms with van der Waals surface area (Å²) in [7, 11) is -0.480. The van der Waals surface area contributed by atoms with Crippen LogP contribution >= 0.6 is 0 Å². The van der Waals surface area contributed by atoms with Gasteiger partial charge in [-0.3, -0.25) is 4.79 Å². The third kappa shape index (κ3) is 5.95. The number of esters is 1. The summed E-state index contributed by atoms with van der Waals surface area (Å²) in [6, 6.07) is 8.56. The van der Waals surface area contributed by atoms with Gasteiger partial charge in [-0.25, -0.2) is 0 Å². The van der Waals surface area contributed by atoms with Crippen LogP contribution in [0.3, 0.4) is 0 Å². The maximum absolute atomic E-state index is 13.1. The first kappa shape index (κ1) is 26.6. The van der Waals surface area contributed by atoms with E-state index in [2.05, 4.69) is 42.0 Å². The van der Waals surface area contributed by atoms with Gasteiger partial charge in [-0.15, -0.1) is 0 Å². The Morgan fingerprint density at radius 3 is 2.38 bits per heavy atom. The summed E-state index contributed by atoms with van der Waals surface area (Å²) in [5.74, 6) is 1.52. The zero-order valence-corrected chi connectivity index (χ0v) is 22.5. The molecule has 0 unspecified atom stereocenters. The smallest absolute Gasteiger partial charge is 0.460 e. The first-order chi connectivity index (χ1) is 15.7. The van der Waals surface area contributed by atoms with Gasteiger partial charge in [0.05, 0.1) is 22.6 Å². The molecule has 2 heterocycles. The van der Waals surface area contributed by atoms with Gasteiger partial charge < -0.3 is 18.6 Å². The van der Waals surface area contributed by atoms with Crippen molar-refractivity contribution in [2.24, 2.45) is 5.92 Å². The molecule has 6 heteroatoms. The topological polar surface area (TPSA) is 49.7 Å². The number of para-hydroxylation sites is 1. The van der Waals surface area contributed by atoms with Crippen molar-refractivity contribution in [3.8, 4) is 0 Å². The van der Waals surface area contributed by atoms with Crippen molar-refractivity contribution in [1.82, 2.24) is 4.57 Å². The number of nitrogens with zero attached hydrogens (tertiary/aromatic N) is 1. The van der Waals surface area contributed by atoms with Crippen LogP contribution in [0.5, 0.6) is 0 Å². The van der Waals surface area contributed by atoms with Crippen LogP contribution in [0.1, 0.15) is 80.2 Å². The second kappa shape index (κ2) is 9.90. The molecule has 34 heavy (non-hydrogen) atoms. The van der Waals surface area contributed by atoms with E-state index in [4.69, 9.17) is 14.0 Å². The van der Waals surface area contributed by atoms with Gasteiger partial charge in [0.1, 0.15) is 5.60 Å². The highest BCUT2D eigenvalue weighted by molar-refractivity contribution is 6.51. The summed E-state index contributed by atoms with van der Waals surface area (Å²) in [5, 5.41) is 1.26. The van der Waals surface area contributed by atoms with E-state index in [1.54, 1.807) is 0 Å². The fraction of sp³-hybridized carbons (Fsp3) is 0.607. The van der Waals surface area contributed by atoms with Gasteiger partial charge in [-0.05, 0) is 91.7 Å². The molecule has 1 aromatic carbocycles. The number of ether oxygens (including phenoxy) is 1. The monoisotopic (exact) mass is 467 g/mol. The maximum atomic E-state index is 13.1. The van der Waals surface area contributed by atoms with Crippen molar-refractivity contribution in [1.29, 1.82) is 0 Å². The standard InChI is InChI=1S/C28H42BNO4/c1-10-23(25(31)32-26(3,4)5)22(19-29-33-27(6,7)28(8,9)34-29)15-12-17-30-18-16-21-14-11-13-20(2)24(21)30/h11,13-14,16,18-19,23H,10,12,15,17H2,1-9H3/b22-19+/t23-/m0/s1. The molecule has 3 rings (SSSR count). The molecule has 2 aromatic rings.